The van der Waals surface area contributed by atoms with Crippen LogP contribution >= 0.6 is 0 Å². The smallest absolute Gasteiger partial charge is 0.0354 e. The zero-order valence-corrected chi connectivity index (χ0v) is 93.0. The van der Waals surface area contributed by atoms with Gasteiger partial charge in [0.1, 0.15) is 0 Å². The summed E-state index contributed by atoms with van der Waals surface area (Å²) in [6, 6.07) is 0. The molecule has 0 atom stereocenters. The first-order valence-corrected chi connectivity index (χ1v) is 137. The lowest BCUT2D eigenvalue weighted by molar-refractivity contribution is 1.71. The maximum Gasteiger partial charge on any atom is 0.0354 e. The Kier molecular flexibility index (Phi) is 24.3. The number of hydrogen-bond donors (Lipinski definition) is 0. The minimum atomic E-state index is -1.68. The predicted molar refractivity (Wildman–Crippen MR) is 466 cm³/mol. The van der Waals surface area contributed by atoms with Gasteiger partial charge < -0.3 is 0 Å². The molecule has 0 rings (SSSR count). The van der Waals surface area contributed by atoms with E-state index >= 15 is 0 Å². The fourth-order valence-electron chi connectivity index (χ4n) is 19.1. The molecule has 0 aromatic heterocycles. The van der Waals surface area contributed by atoms with Gasteiger partial charge >= 0.3 is 0 Å². The van der Waals surface area contributed by atoms with Gasteiger partial charge in [0.2, 0.25) is 0 Å². The lowest BCUT2D eigenvalue weighted by Gasteiger charge is -2.71. The summed E-state index contributed by atoms with van der Waals surface area (Å²) in [5.74, 6) is 0. The van der Waals surface area contributed by atoms with Crippen LogP contribution in [-0.2, 0) is 0 Å². The van der Waals surface area contributed by atoms with Gasteiger partial charge in [0.05, 0.1) is 0 Å². The van der Waals surface area contributed by atoms with E-state index in [-0.39, 0.29) is 0 Å². The predicted octanol–water partition coefficient (Wildman–Crippen LogP) is 21.6. The molecule has 482 valence electrons. The van der Waals surface area contributed by atoms with Crippen LogP contribution in [0.4, 0.5) is 0 Å². The van der Waals surface area contributed by atoms with Crippen LogP contribution in [0, 0.1) is 0 Å². The Balaban J connectivity index is 8.26. The van der Waals surface area contributed by atoms with E-state index in [4.69, 9.17) is 0 Å². The average Bonchev–Trinajstić information content (AvgIpc) is 3.20. The minimum Gasteiger partial charge on any atom is -0.0735 e. The Bertz CT molecular complexity index is 2070. The van der Waals surface area contributed by atoms with Crippen molar-refractivity contribution in [1.82, 2.24) is 0 Å². The maximum absolute atomic E-state index is 3.18. The van der Waals surface area contributed by atoms with Gasteiger partial charge in [-0.2, -0.15) is 0 Å². The first-order valence-electron chi connectivity index (χ1n) is 33.2. The van der Waals surface area contributed by atoms with E-state index in [1.54, 1.807) is 0 Å². The van der Waals surface area contributed by atoms with E-state index in [9.17, 15) is 0 Å². The van der Waals surface area contributed by atoms with Gasteiger partial charge in [-0.05, 0) is 0 Å². The summed E-state index contributed by atoms with van der Waals surface area (Å²) >= 11 is 0. The molecule has 0 saturated carbocycles. The highest BCUT2D eigenvalue weighted by Crippen LogP contribution is 2.55. The van der Waals surface area contributed by atoms with Crippen LogP contribution in [0.2, 0.25) is 354 Å². The molecule has 0 bridgehead atoms. The highest BCUT2D eigenvalue weighted by atomic mass is 30.2. The van der Waals surface area contributed by atoms with Crippen molar-refractivity contribution >= 4 is 186 Å². The summed E-state index contributed by atoms with van der Waals surface area (Å²) in [5.41, 5.74) is 0. The summed E-state index contributed by atoms with van der Waals surface area (Å²) in [6.45, 7) is 167. The van der Waals surface area contributed by atoms with Crippen molar-refractivity contribution in [2.24, 2.45) is 0 Å². The Hall–Kier alpha value is 5.64. The molecule has 0 aliphatic heterocycles. The Morgan fingerprint density at radius 3 is 0.138 bits per heavy atom. The average molecular weight is 1540 g/mol. The first-order chi connectivity index (χ1) is 33.2. The largest absolute Gasteiger partial charge is 0.0735 e. The molecule has 0 aromatic carbocycles. The highest BCUT2D eigenvalue weighted by Gasteiger charge is 2.78. The fourth-order valence-corrected chi connectivity index (χ4v) is 980. The standard InChI is InChI=1S/C54H162Si26/c1-55(2,3)57(7,8)59(11,12)61(15,16)63(19,20)65(23,24)67(27,28)69(31,32)71(35,36)73(39,40)75(43,44)77(47,48)79(51,52)80(53,54)78(49,50)76(45,46)74(41,42)72(37,38)70(33,34)68(29,30)66(25,26)64(21,22)62(17,18)60(13,14)58(9,10)56(4,5)6/h1-54H3. The van der Waals surface area contributed by atoms with Crippen LogP contribution in [0.1, 0.15) is 0 Å². The lowest BCUT2D eigenvalue weighted by atomic mass is 11.8. The third kappa shape index (κ3) is 10.7. The zero-order valence-electron chi connectivity index (χ0n) is 67.0. The van der Waals surface area contributed by atoms with E-state index < -0.39 is 186 Å². The van der Waals surface area contributed by atoms with E-state index in [0.29, 0.717) is 0 Å². The SMILES string of the molecule is C[Si](C)(C)[Si](C)(C)[Si](C)(C)[Si](C)(C)[Si](C)(C)[Si](C)(C)[Si](C)(C)[Si](C)(C)[Si](C)(C)[Si](C)(C)[Si](C)(C)[Si](C)(C)[Si](C)(C)[Si](C)(C)[Si](C)(C)[Si](C)(C)[Si](C)(C)[Si](C)(C)[Si](C)(C)[Si](C)(C)[Si](C)(C)[Si](C)(C)[Si](C)(C)[Si](C)(C)[Si](C)(C)[Si](C)(C)C. The molecule has 26 heteroatoms. The molecule has 0 heterocycles. The van der Waals surface area contributed by atoms with Crippen LogP contribution in [0.3, 0.4) is 0 Å². The molecule has 0 spiro atoms. The molecule has 0 aromatic rings. The van der Waals surface area contributed by atoms with Gasteiger partial charge in [0, 0.05) is 186 Å². The van der Waals surface area contributed by atoms with Crippen LogP contribution in [0.5, 0.6) is 0 Å². The first kappa shape index (κ1) is 85.6. The van der Waals surface area contributed by atoms with Crippen molar-refractivity contribution in [3.63, 3.8) is 0 Å². The third-order valence-electron chi connectivity index (χ3n) is 39.7. The molecular weight excluding hydrogens is 1380 g/mol. The monoisotopic (exact) mass is 1540 g/mol. The van der Waals surface area contributed by atoms with Crippen molar-refractivity contribution < 1.29 is 0 Å². The molecule has 0 fully saturated rings. The van der Waals surface area contributed by atoms with Gasteiger partial charge in [-0.1, -0.05) is 354 Å². The van der Waals surface area contributed by atoms with Crippen LogP contribution in [-0.4, -0.2) is 186 Å². The maximum atomic E-state index is 3.18. The van der Waals surface area contributed by atoms with Crippen LogP contribution in [0.25, 0.3) is 0 Å². The van der Waals surface area contributed by atoms with Gasteiger partial charge in [0.25, 0.3) is 0 Å². The number of rotatable bonds is 25. The van der Waals surface area contributed by atoms with Crippen molar-refractivity contribution in [1.29, 1.82) is 0 Å². The molecule has 0 saturated heterocycles. The summed E-state index contributed by atoms with van der Waals surface area (Å²) in [4.78, 5) is 0. The van der Waals surface area contributed by atoms with Crippen molar-refractivity contribution in [2.75, 3.05) is 0 Å². The van der Waals surface area contributed by atoms with Gasteiger partial charge in [-0.3, -0.25) is 0 Å². The normalized spacial score (nSPS) is 17.6. The molecule has 0 nitrogen and oxygen atoms in total. The summed E-state index contributed by atoms with van der Waals surface area (Å²) < 4.78 is 0. The van der Waals surface area contributed by atoms with E-state index in [2.05, 4.69) is 354 Å². The molecular formula is C54H162Si26. The van der Waals surface area contributed by atoms with E-state index in [1.807, 2.05) is 0 Å². The zero-order chi connectivity index (χ0) is 67.0. The topological polar surface area (TPSA) is 0 Å². The van der Waals surface area contributed by atoms with Crippen molar-refractivity contribution in [3.05, 3.63) is 0 Å². The quantitative estimate of drug-likeness (QED) is 0.0799. The molecule has 0 aliphatic rings. The van der Waals surface area contributed by atoms with Gasteiger partial charge in [-0.15, -0.1) is 0 Å². The lowest BCUT2D eigenvalue weighted by Crippen LogP contribution is -2.99. The molecule has 0 unspecified atom stereocenters. The van der Waals surface area contributed by atoms with Gasteiger partial charge in [0.15, 0.2) is 0 Å². The molecule has 0 N–H and O–H groups in total. The second-order valence-electron chi connectivity index (χ2n) is 43.5. The van der Waals surface area contributed by atoms with E-state index in [0.717, 1.165) is 0 Å². The third-order valence-corrected chi connectivity index (χ3v) is 681. The Morgan fingerprint density at radius 1 is 0.0625 bits per heavy atom. The Morgan fingerprint density at radius 2 is 0.100 bits per heavy atom. The van der Waals surface area contributed by atoms with Gasteiger partial charge in [-0.25, -0.2) is 0 Å². The van der Waals surface area contributed by atoms with Crippen molar-refractivity contribution in [2.45, 2.75) is 354 Å². The van der Waals surface area contributed by atoms with Crippen LogP contribution in [0.15, 0.2) is 0 Å². The van der Waals surface area contributed by atoms with E-state index in [1.165, 1.54) is 0 Å². The Labute approximate surface area is 533 Å². The summed E-state index contributed by atoms with van der Waals surface area (Å²) in [5, 5.41) is 0. The molecule has 0 aliphatic carbocycles. The number of hydrogen-bond acceptors (Lipinski definition) is 0. The molecule has 0 radical (unpaired) electrons. The molecule has 80 heavy (non-hydrogen) atoms. The second kappa shape index (κ2) is 22.7. The summed E-state index contributed by atoms with van der Waals surface area (Å²) in [6.07, 6.45) is 0. The summed E-state index contributed by atoms with van der Waals surface area (Å²) in [7, 11) is -40.4. The van der Waals surface area contributed by atoms with Crippen LogP contribution < -0.4 is 0 Å². The highest BCUT2D eigenvalue weighted by molar-refractivity contribution is 8.15. The second-order valence-corrected chi connectivity index (χ2v) is 356. The minimum absolute atomic E-state index is 1.22. The fraction of sp³-hybridized carbons (Fsp3) is 1.00. The molecule has 0 amide bonds. The van der Waals surface area contributed by atoms with Crippen molar-refractivity contribution in [3.8, 4) is 0 Å².